The molecule has 0 radical (unpaired) electrons. The van der Waals surface area contributed by atoms with Gasteiger partial charge in [0, 0.05) is 23.4 Å². The van der Waals surface area contributed by atoms with Crippen LogP contribution in [-0.4, -0.2) is 29.3 Å². The van der Waals surface area contributed by atoms with E-state index in [2.05, 4.69) is 16.0 Å². The molecule has 0 saturated heterocycles. The Morgan fingerprint density at radius 2 is 1.81 bits per heavy atom. The van der Waals surface area contributed by atoms with Crippen molar-refractivity contribution in [1.82, 2.24) is 5.32 Å². The van der Waals surface area contributed by atoms with Crippen molar-refractivity contribution in [3.63, 3.8) is 0 Å². The molecule has 27 heavy (non-hydrogen) atoms. The van der Waals surface area contributed by atoms with Crippen LogP contribution in [0.2, 0.25) is 0 Å². The minimum atomic E-state index is -0.463. The number of hydrogen-bond donors (Lipinski definition) is 3. The van der Waals surface area contributed by atoms with Crippen LogP contribution in [0.25, 0.3) is 0 Å². The number of nitro benzene ring substituents is 1. The van der Waals surface area contributed by atoms with Gasteiger partial charge in [0.2, 0.25) is 5.91 Å². The van der Waals surface area contributed by atoms with Gasteiger partial charge in [0.25, 0.3) is 11.6 Å². The summed E-state index contributed by atoms with van der Waals surface area (Å²) in [5, 5.41) is 19.5. The summed E-state index contributed by atoms with van der Waals surface area (Å²) in [5.41, 5.74) is 1.80. The van der Waals surface area contributed by atoms with Crippen LogP contribution in [-0.2, 0) is 4.79 Å². The third kappa shape index (κ3) is 4.60. The van der Waals surface area contributed by atoms with Crippen LogP contribution in [0.3, 0.4) is 0 Å². The molecule has 3 rings (SSSR count). The van der Waals surface area contributed by atoms with Crippen molar-refractivity contribution in [2.45, 2.75) is 25.8 Å². The zero-order chi connectivity index (χ0) is 19.4. The normalized spacial score (nSPS) is 12.9. The van der Waals surface area contributed by atoms with E-state index in [1.165, 1.54) is 6.07 Å². The first-order chi connectivity index (χ1) is 13.0. The Kier molecular flexibility index (Phi) is 5.35. The van der Waals surface area contributed by atoms with Gasteiger partial charge in [0.1, 0.15) is 0 Å². The molecule has 3 N–H and O–H groups in total. The van der Waals surface area contributed by atoms with Crippen LogP contribution < -0.4 is 16.0 Å². The van der Waals surface area contributed by atoms with Gasteiger partial charge in [-0.05, 0) is 38.0 Å². The van der Waals surface area contributed by atoms with Gasteiger partial charge in [-0.1, -0.05) is 18.2 Å². The molecule has 8 nitrogen and oxygen atoms in total. The molecule has 0 heterocycles. The number of nitrogens with one attached hydrogen (secondary N) is 3. The molecule has 0 atom stereocenters. The van der Waals surface area contributed by atoms with Crippen molar-refractivity contribution in [3.8, 4) is 0 Å². The van der Waals surface area contributed by atoms with Crippen molar-refractivity contribution >= 4 is 28.9 Å². The number of hydrogen-bond acceptors (Lipinski definition) is 5. The van der Waals surface area contributed by atoms with E-state index >= 15 is 0 Å². The maximum atomic E-state index is 12.3. The zero-order valence-corrected chi connectivity index (χ0v) is 14.8. The van der Waals surface area contributed by atoms with E-state index in [0.717, 1.165) is 12.8 Å². The molecule has 0 unspecified atom stereocenters. The lowest BCUT2D eigenvalue weighted by Gasteiger charge is -2.13. The number of anilines is 2. The fourth-order valence-electron chi connectivity index (χ4n) is 2.66. The van der Waals surface area contributed by atoms with Gasteiger partial charge in [-0.3, -0.25) is 19.7 Å². The fraction of sp³-hybridized carbons (Fsp3) is 0.263. The second kappa shape index (κ2) is 7.86. The SMILES string of the molecule is Cc1c(NCC(=O)Nc2ccccc2C(=O)NC2CC2)cccc1[N+](=O)[O-]. The molecule has 1 fully saturated rings. The summed E-state index contributed by atoms with van der Waals surface area (Å²) in [6.07, 6.45) is 1.96. The standard InChI is InChI=1S/C19H20N4O4/c1-12-15(7-4-8-17(12)23(26)27)20-11-18(24)22-16-6-3-2-5-14(16)19(25)21-13-9-10-13/h2-8,13,20H,9-11H2,1H3,(H,21,25)(H,22,24). The van der Waals surface area contributed by atoms with Crippen LogP contribution >= 0.6 is 0 Å². The monoisotopic (exact) mass is 368 g/mol. The van der Waals surface area contributed by atoms with Gasteiger partial charge >= 0.3 is 0 Å². The summed E-state index contributed by atoms with van der Waals surface area (Å²) >= 11 is 0. The highest BCUT2D eigenvalue weighted by Crippen LogP contribution is 2.25. The molecule has 1 aliphatic rings. The number of benzene rings is 2. The summed E-state index contributed by atoms with van der Waals surface area (Å²) in [4.78, 5) is 35.1. The molecule has 1 saturated carbocycles. The number of nitro groups is 1. The molecule has 0 aliphatic heterocycles. The Bertz CT molecular complexity index is 893. The fourth-order valence-corrected chi connectivity index (χ4v) is 2.66. The summed E-state index contributed by atoms with van der Waals surface area (Å²) in [7, 11) is 0. The molecule has 2 aromatic rings. The van der Waals surface area contributed by atoms with Gasteiger partial charge in [0.15, 0.2) is 0 Å². The van der Waals surface area contributed by atoms with Crippen LogP contribution in [0.5, 0.6) is 0 Å². The van der Waals surface area contributed by atoms with Crippen LogP contribution in [0.1, 0.15) is 28.8 Å². The van der Waals surface area contributed by atoms with Gasteiger partial charge in [-0.15, -0.1) is 0 Å². The molecule has 1 aliphatic carbocycles. The van der Waals surface area contributed by atoms with Gasteiger partial charge in [-0.2, -0.15) is 0 Å². The minimum Gasteiger partial charge on any atom is -0.376 e. The van der Waals surface area contributed by atoms with Crippen molar-refractivity contribution < 1.29 is 14.5 Å². The van der Waals surface area contributed by atoms with Gasteiger partial charge < -0.3 is 16.0 Å². The van der Waals surface area contributed by atoms with Gasteiger partial charge in [-0.25, -0.2) is 0 Å². The third-order valence-electron chi connectivity index (χ3n) is 4.30. The number of rotatable bonds is 7. The molecule has 2 amide bonds. The largest absolute Gasteiger partial charge is 0.376 e. The van der Waals surface area contributed by atoms with Crippen molar-refractivity contribution in [2.24, 2.45) is 0 Å². The number of carbonyl (C=O) groups is 2. The lowest BCUT2D eigenvalue weighted by Crippen LogP contribution is -2.28. The second-order valence-electron chi connectivity index (χ2n) is 6.40. The predicted octanol–water partition coefficient (Wildman–Crippen LogP) is 2.85. The second-order valence-corrected chi connectivity index (χ2v) is 6.40. The first-order valence-corrected chi connectivity index (χ1v) is 8.63. The first kappa shape index (κ1) is 18.4. The lowest BCUT2D eigenvalue weighted by molar-refractivity contribution is -0.385. The molecule has 140 valence electrons. The van der Waals surface area contributed by atoms with Crippen LogP contribution in [0.15, 0.2) is 42.5 Å². The predicted molar refractivity (Wildman–Crippen MR) is 102 cm³/mol. The molecule has 2 aromatic carbocycles. The Labute approximate surface area is 156 Å². The number of para-hydroxylation sites is 1. The summed E-state index contributed by atoms with van der Waals surface area (Å²) in [5.74, 6) is -0.566. The highest BCUT2D eigenvalue weighted by atomic mass is 16.6. The average molecular weight is 368 g/mol. The van der Waals surface area contributed by atoms with Crippen molar-refractivity contribution in [1.29, 1.82) is 0 Å². The average Bonchev–Trinajstić information content (AvgIpc) is 3.45. The van der Waals surface area contributed by atoms with Gasteiger partial charge in [0.05, 0.1) is 22.7 Å². The zero-order valence-electron chi connectivity index (χ0n) is 14.8. The molecular formula is C19H20N4O4. The summed E-state index contributed by atoms with van der Waals surface area (Å²) < 4.78 is 0. The van der Waals surface area contributed by atoms with E-state index in [1.807, 2.05) is 0 Å². The Morgan fingerprint density at radius 3 is 2.52 bits per heavy atom. The highest BCUT2D eigenvalue weighted by molar-refractivity contribution is 6.04. The van der Waals surface area contributed by atoms with E-state index in [1.54, 1.807) is 43.3 Å². The first-order valence-electron chi connectivity index (χ1n) is 8.63. The maximum Gasteiger partial charge on any atom is 0.274 e. The Morgan fingerprint density at radius 1 is 1.11 bits per heavy atom. The van der Waals surface area contributed by atoms with Crippen molar-refractivity contribution in [2.75, 3.05) is 17.2 Å². The van der Waals surface area contributed by atoms with E-state index in [0.29, 0.717) is 22.5 Å². The highest BCUT2D eigenvalue weighted by Gasteiger charge is 2.25. The molecule has 8 heteroatoms. The number of amides is 2. The topological polar surface area (TPSA) is 113 Å². The minimum absolute atomic E-state index is 0.0116. The summed E-state index contributed by atoms with van der Waals surface area (Å²) in [6.45, 7) is 1.54. The quantitative estimate of drug-likeness (QED) is 0.514. The Balaban J connectivity index is 1.64. The Hall–Kier alpha value is -3.42. The molecular weight excluding hydrogens is 348 g/mol. The molecule has 0 aromatic heterocycles. The van der Waals surface area contributed by atoms with E-state index in [4.69, 9.17) is 0 Å². The molecule has 0 spiro atoms. The number of carbonyl (C=O) groups excluding carboxylic acids is 2. The van der Waals surface area contributed by atoms with E-state index in [9.17, 15) is 19.7 Å². The maximum absolute atomic E-state index is 12.3. The third-order valence-corrected chi connectivity index (χ3v) is 4.30. The molecule has 0 bridgehead atoms. The lowest BCUT2D eigenvalue weighted by atomic mass is 10.1. The van der Waals surface area contributed by atoms with E-state index in [-0.39, 0.29) is 30.1 Å². The number of nitrogens with zero attached hydrogens (tertiary/aromatic N) is 1. The smallest absolute Gasteiger partial charge is 0.274 e. The summed E-state index contributed by atoms with van der Waals surface area (Å²) in [6, 6.07) is 11.7. The van der Waals surface area contributed by atoms with Crippen LogP contribution in [0, 0.1) is 17.0 Å². The van der Waals surface area contributed by atoms with Crippen LogP contribution in [0.4, 0.5) is 17.1 Å². The van der Waals surface area contributed by atoms with Crippen molar-refractivity contribution in [3.05, 3.63) is 63.7 Å². The van der Waals surface area contributed by atoms with E-state index < -0.39 is 4.92 Å².